The Morgan fingerprint density at radius 1 is 1.42 bits per heavy atom. The summed E-state index contributed by atoms with van der Waals surface area (Å²) in [6.45, 7) is 0.739. The Hall–Kier alpha value is -1.23. The molecular weight excluding hydrogens is 258 g/mol. The van der Waals surface area contributed by atoms with Crippen molar-refractivity contribution in [2.24, 2.45) is 0 Å². The first-order chi connectivity index (χ1) is 9.19. The standard InChI is InChI=1S/C14H21N3OS/c1-15-11-5-6-12(16-9-11)13(18)17-10-14(19-2)7-3-4-8-14/h5-6,9,15H,3-4,7-8,10H2,1-2H3,(H,17,18). The molecule has 1 aromatic heterocycles. The van der Waals surface area contributed by atoms with Crippen molar-refractivity contribution in [3.8, 4) is 0 Å². The molecule has 2 N–H and O–H groups in total. The molecule has 0 radical (unpaired) electrons. The Morgan fingerprint density at radius 3 is 2.68 bits per heavy atom. The van der Waals surface area contributed by atoms with Crippen molar-refractivity contribution in [1.29, 1.82) is 0 Å². The number of hydrogen-bond acceptors (Lipinski definition) is 4. The smallest absolute Gasteiger partial charge is 0.269 e. The van der Waals surface area contributed by atoms with Crippen molar-refractivity contribution in [3.63, 3.8) is 0 Å². The first-order valence-corrected chi connectivity index (χ1v) is 7.89. The average molecular weight is 279 g/mol. The van der Waals surface area contributed by atoms with E-state index in [1.807, 2.05) is 24.9 Å². The zero-order chi connectivity index (χ0) is 13.7. The molecule has 1 fully saturated rings. The van der Waals surface area contributed by atoms with Crippen molar-refractivity contribution in [2.75, 3.05) is 25.2 Å². The fourth-order valence-electron chi connectivity index (χ4n) is 2.48. The highest BCUT2D eigenvalue weighted by atomic mass is 32.2. The maximum atomic E-state index is 12.1. The third-order valence-corrected chi connectivity index (χ3v) is 5.22. The van der Waals surface area contributed by atoms with Gasteiger partial charge in [0.1, 0.15) is 5.69 Å². The summed E-state index contributed by atoms with van der Waals surface area (Å²) in [6, 6.07) is 3.61. The second-order valence-electron chi connectivity index (χ2n) is 4.96. The van der Waals surface area contributed by atoms with Gasteiger partial charge in [-0.15, -0.1) is 0 Å². The third kappa shape index (κ3) is 3.41. The number of anilines is 1. The molecule has 0 spiro atoms. The summed E-state index contributed by atoms with van der Waals surface area (Å²) >= 11 is 1.88. The molecule has 1 aliphatic carbocycles. The SMILES string of the molecule is CNc1ccc(C(=O)NCC2(SC)CCCC2)nc1. The van der Waals surface area contributed by atoms with E-state index in [-0.39, 0.29) is 10.7 Å². The number of carbonyl (C=O) groups excluding carboxylic acids is 1. The Kier molecular flexibility index (Phi) is 4.69. The maximum absolute atomic E-state index is 12.1. The molecule has 4 nitrogen and oxygen atoms in total. The van der Waals surface area contributed by atoms with Gasteiger partial charge in [-0.1, -0.05) is 12.8 Å². The van der Waals surface area contributed by atoms with Crippen LogP contribution in [0.1, 0.15) is 36.2 Å². The lowest BCUT2D eigenvalue weighted by molar-refractivity contribution is 0.0944. The van der Waals surface area contributed by atoms with Crippen molar-refractivity contribution in [2.45, 2.75) is 30.4 Å². The minimum absolute atomic E-state index is 0.0806. The highest BCUT2D eigenvalue weighted by Crippen LogP contribution is 2.39. The van der Waals surface area contributed by atoms with Crippen LogP contribution in [0.15, 0.2) is 18.3 Å². The highest BCUT2D eigenvalue weighted by molar-refractivity contribution is 8.00. The first kappa shape index (κ1) is 14.2. The number of pyridine rings is 1. The summed E-state index contributed by atoms with van der Waals surface area (Å²) in [6.07, 6.45) is 8.74. The van der Waals surface area contributed by atoms with Crippen LogP contribution in [0.4, 0.5) is 5.69 Å². The quantitative estimate of drug-likeness (QED) is 0.869. The van der Waals surface area contributed by atoms with E-state index in [4.69, 9.17) is 0 Å². The molecule has 0 aromatic carbocycles. The van der Waals surface area contributed by atoms with E-state index < -0.39 is 0 Å². The van der Waals surface area contributed by atoms with E-state index in [2.05, 4.69) is 21.9 Å². The Labute approximate surface area is 118 Å². The van der Waals surface area contributed by atoms with E-state index in [0.29, 0.717) is 5.69 Å². The number of thioether (sulfide) groups is 1. The van der Waals surface area contributed by atoms with Crippen molar-refractivity contribution < 1.29 is 4.79 Å². The van der Waals surface area contributed by atoms with Gasteiger partial charge in [-0.2, -0.15) is 11.8 Å². The van der Waals surface area contributed by atoms with Gasteiger partial charge in [0.15, 0.2) is 0 Å². The van der Waals surface area contributed by atoms with E-state index in [9.17, 15) is 4.79 Å². The van der Waals surface area contributed by atoms with E-state index >= 15 is 0 Å². The molecule has 5 heteroatoms. The number of amides is 1. The third-order valence-electron chi connectivity index (χ3n) is 3.80. The fraction of sp³-hybridized carbons (Fsp3) is 0.571. The predicted molar refractivity (Wildman–Crippen MR) is 80.8 cm³/mol. The molecule has 1 saturated carbocycles. The van der Waals surface area contributed by atoms with Crippen LogP contribution < -0.4 is 10.6 Å². The second kappa shape index (κ2) is 6.28. The highest BCUT2D eigenvalue weighted by Gasteiger charge is 2.33. The summed E-state index contributed by atoms with van der Waals surface area (Å²) in [7, 11) is 1.83. The lowest BCUT2D eigenvalue weighted by Crippen LogP contribution is -2.38. The van der Waals surface area contributed by atoms with Gasteiger partial charge < -0.3 is 10.6 Å². The number of carbonyl (C=O) groups is 1. The molecular formula is C14H21N3OS. The van der Waals surface area contributed by atoms with E-state index in [0.717, 1.165) is 12.2 Å². The van der Waals surface area contributed by atoms with Crippen LogP contribution in [0.2, 0.25) is 0 Å². The van der Waals surface area contributed by atoms with Gasteiger partial charge in [-0.3, -0.25) is 4.79 Å². The van der Waals surface area contributed by atoms with Gasteiger partial charge in [0.25, 0.3) is 5.91 Å². The molecule has 1 aliphatic rings. The molecule has 0 atom stereocenters. The molecule has 19 heavy (non-hydrogen) atoms. The normalized spacial score (nSPS) is 17.2. The summed E-state index contributed by atoms with van der Waals surface area (Å²) < 4.78 is 0.237. The summed E-state index contributed by atoms with van der Waals surface area (Å²) in [4.78, 5) is 16.2. The van der Waals surface area contributed by atoms with Gasteiger partial charge in [0.2, 0.25) is 0 Å². The Morgan fingerprint density at radius 2 is 2.16 bits per heavy atom. The number of hydrogen-bond donors (Lipinski definition) is 2. The minimum Gasteiger partial charge on any atom is -0.387 e. The minimum atomic E-state index is -0.0806. The van der Waals surface area contributed by atoms with Crippen molar-refractivity contribution >= 4 is 23.4 Å². The van der Waals surface area contributed by atoms with Gasteiger partial charge in [0, 0.05) is 18.3 Å². The summed E-state index contributed by atoms with van der Waals surface area (Å²) in [5.74, 6) is -0.0806. The zero-order valence-electron chi connectivity index (χ0n) is 11.5. The molecule has 0 unspecified atom stereocenters. The number of aromatic nitrogens is 1. The number of nitrogens with zero attached hydrogens (tertiary/aromatic N) is 1. The molecule has 2 rings (SSSR count). The predicted octanol–water partition coefficient (Wildman–Crippen LogP) is 2.53. The largest absolute Gasteiger partial charge is 0.387 e. The van der Waals surface area contributed by atoms with Crippen molar-refractivity contribution in [1.82, 2.24) is 10.3 Å². The monoisotopic (exact) mass is 279 g/mol. The van der Waals surface area contributed by atoms with Crippen LogP contribution in [0.3, 0.4) is 0 Å². The second-order valence-corrected chi connectivity index (χ2v) is 6.23. The van der Waals surface area contributed by atoms with Gasteiger partial charge in [-0.25, -0.2) is 4.98 Å². The molecule has 104 valence electrons. The molecule has 0 saturated heterocycles. The number of nitrogens with one attached hydrogen (secondary N) is 2. The van der Waals surface area contributed by atoms with Gasteiger partial charge in [-0.05, 0) is 31.2 Å². The first-order valence-electron chi connectivity index (χ1n) is 6.66. The summed E-state index contributed by atoms with van der Waals surface area (Å²) in [5, 5.41) is 6.01. The van der Waals surface area contributed by atoms with Crippen LogP contribution >= 0.6 is 11.8 Å². The van der Waals surface area contributed by atoms with Gasteiger partial charge >= 0.3 is 0 Å². The van der Waals surface area contributed by atoms with Gasteiger partial charge in [0.05, 0.1) is 11.9 Å². The van der Waals surface area contributed by atoms with Crippen molar-refractivity contribution in [3.05, 3.63) is 24.0 Å². The molecule has 1 aromatic rings. The molecule has 1 heterocycles. The van der Waals surface area contributed by atoms with E-state index in [1.54, 1.807) is 12.3 Å². The lowest BCUT2D eigenvalue weighted by Gasteiger charge is -2.26. The topological polar surface area (TPSA) is 54.0 Å². The lowest BCUT2D eigenvalue weighted by atomic mass is 10.1. The molecule has 0 bridgehead atoms. The summed E-state index contributed by atoms with van der Waals surface area (Å²) in [5.41, 5.74) is 1.39. The Balaban J connectivity index is 1.93. The van der Waals surface area contributed by atoms with Crippen LogP contribution in [0.25, 0.3) is 0 Å². The number of rotatable bonds is 5. The molecule has 1 amide bonds. The zero-order valence-corrected chi connectivity index (χ0v) is 12.3. The molecule has 0 aliphatic heterocycles. The van der Waals surface area contributed by atoms with Crippen LogP contribution in [0, 0.1) is 0 Å². The van der Waals surface area contributed by atoms with E-state index in [1.165, 1.54) is 25.7 Å². The average Bonchev–Trinajstić information content (AvgIpc) is 2.94. The Bertz CT molecular complexity index is 427. The van der Waals surface area contributed by atoms with Crippen LogP contribution in [0.5, 0.6) is 0 Å². The fourth-order valence-corrected chi connectivity index (χ4v) is 3.39. The van der Waals surface area contributed by atoms with Crippen LogP contribution in [-0.2, 0) is 0 Å². The maximum Gasteiger partial charge on any atom is 0.269 e. The van der Waals surface area contributed by atoms with Crippen LogP contribution in [-0.4, -0.2) is 35.5 Å².